The third kappa shape index (κ3) is 9.25. The Bertz CT molecular complexity index is 666. The first-order valence-corrected chi connectivity index (χ1v) is 9.69. The molecule has 0 aliphatic rings. The van der Waals surface area contributed by atoms with E-state index in [1.54, 1.807) is 0 Å². The van der Waals surface area contributed by atoms with Crippen LogP contribution >= 0.6 is 0 Å². The van der Waals surface area contributed by atoms with Crippen molar-refractivity contribution in [1.82, 2.24) is 10.2 Å². The van der Waals surface area contributed by atoms with E-state index in [2.05, 4.69) is 58.7 Å². The second-order valence-corrected chi connectivity index (χ2v) is 7.78. The average Bonchev–Trinajstić information content (AvgIpc) is 2.63. The summed E-state index contributed by atoms with van der Waals surface area (Å²) in [6, 6.07) is 21.1. The van der Waals surface area contributed by atoms with Gasteiger partial charge in [-0.1, -0.05) is 60.7 Å². The monoisotopic (exact) mass is 368 g/mol. The maximum absolute atomic E-state index is 11.8. The van der Waals surface area contributed by atoms with Gasteiger partial charge in [0.2, 0.25) is 0 Å². The van der Waals surface area contributed by atoms with Crippen molar-refractivity contribution in [1.29, 1.82) is 0 Å². The van der Waals surface area contributed by atoms with E-state index >= 15 is 0 Å². The number of ether oxygens (including phenoxy) is 1. The van der Waals surface area contributed by atoms with Crippen LogP contribution in [0.25, 0.3) is 0 Å². The number of carbonyl (C=O) groups is 1. The van der Waals surface area contributed by atoms with Crippen molar-refractivity contribution in [3.05, 3.63) is 71.8 Å². The molecule has 146 valence electrons. The Morgan fingerprint density at radius 3 is 2.11 bits per heavy atom. The zero-order valence-corrected chi connectivity index (χ0v) is 16.8. The highest BCUT2D eigenvalue weighted by molar-refractivity contribution is 5.67. The first kappa shape index (κ1) is 21.0. The Morgan fingerprint density at radius 1 is 0.926 bits per heavy atom. The lowest BCUT2D eigenvalue weighted by Crippen LogP contribution is -2.34. The molecule has 2 aromatic rings. The predicted octanol–water partition coefficient (Wildman–Crippen LogP) is 4.65. The lowest BCUT2D eigenvalue weighted by molar-refractivity contribution is 0.0525. The van der Waals surface area contributed by atoms with Gasteiger partial charge in [0.1, 0.15) is 5.60 Å². The average molecular weight is 369 g/mol. The van der Waals surface area contributed by atoms with E-state index in [1.807, 2.05) is 32.9 Å². The quantitative estimate of drug-likeness (QED) is 0.655. The van der Waals surface area contributed by atoms with Gasteiger partial charge in [0, 0.05) is 26.2 Å². The highest BCUT2D eigenvalue weighted by atomic mass is 16.6. The Balaban J connectivity index is 1.81. The van der Waals surface area contributed by atoms with Crippen LogP contribution in [0.1, 0.15) is 38.3 Å². The molecule has 1 N–H and O–H groups in total. The van der Waals surface area contributed by atoms with Crippen molar-refractivity contribution < 1.29 is 9.53 Å². The molecule has 0 bridgehead atoms. The lowest BCUT2D eigenvalue weighted by Gasteiger charge is -2.23. The molecule has 0 unspecified atom stereocenters. The van der Waals surface area contributed by atoms with Crippen LogP contribution in [0.4, 0.5) is 4.79 Å². The minimum Gasteiger partial charge on any atom is -0.444 e. The minimum atomic E-state index is -0.459. The molecule has 2 rings (SSSR count). The van der Waals surface area contributed by atoms with Crippen LogP contribution in [0.2, 0.25) is 0 Å². The fourth-order valence-electron chi connectivity index (χ4n) is 2.85. The topological polar surface area (TPSA) is 41.6 Å². The number of benzene rings is 2. The van der Waals surface area contributed by atoms with Gasteiger partial charge < -0.3 is 10.1 Å². The molecular weight excluding hydrogens is 336 g/mol. The van der Waals surface area contributed by atoms with Gasteiger partial charge in [-0.05, 0) is 44.7 Å². The van der Waals surface area contributed by atoms with E-state index in [0.29, 0.717) is 6.54 Å². The molecule has 0 saturated heterocycles. The fraction of sp³-hybridized carbons (Fsp3) is 0.435. The largest absolute Gasteiger partial charge is 0.444 e. The van der Waals surface area contributed by atoms with Gasteiger partial charge in [-0.3, -0.25) is 4.90 Å². The molecule has 27 heavy (non-hydrogen) atoms. The lowest BCUT2D eigenvalue weighted by atomic mass is 10.1. The van der Waals surface area contributed by atoms with Crippen molar-refractivity contribution in [2.24, 2.45) is 0 Å². The molecule has 0 heterocycles. The molecule has 2 aromatic carbocycles. The number of carbonyl (C=O) groups excluding carboxylic acids is 1. The summed E-state index contributed by atoms with van der Waals surface area (Å²) < 4.78 is 5.28. The van der Waals surface area contributed by atoms with Crippen molar-refractivity contribution in [3.63, 3.8) is 0 Å². The molecule has 0 radical (unpaired) electrons. The summed E-state index contributed by atoms with van der Waals surface area (Å²) in [6.45, 7) is 9.07. The van der Waals surface area contributed by atoms with Crippen LogP contribution in [0.15, 0.2) is 60.7 Å². The minimum absolute atomic E-state index is 0.346. The molecule has 0 saturated carbocycles. The Hall–Kier alpha value is -2.33. The summed E-state index contributed by atoms with van der Waals surface area (Å²) >= 11 is 0. The number of nitrogens with zero attached hydrogens (tertiary/aromatic N) is 1. The Morgan fingerprint density at radius 2 is 1.52 bits per heavy atom. The van der Waals surface area contributed by atoms with E-state index < -0.39 is 5.60 Å². The SMILES string of the molecule is CC(C)(C)OC(=O)NCCCN(CCc1ccccc1)Cc1ccccc1. The highest BCUT2D eigenvalue weighted by Gasteiger charge is 2.15. The molecule has 0 fully saturated rings. The standard InChI is InChI=1S/C23H32N2O2/c1-23(2,3)27-22(26)24-16-10-17-25(19-21-13-8-5-9-14-21)18-15-20-11-6-4-7-12-20/h4-9,11-14H,10,15-19H2,1-3H3,(H,24,26). The molecule has 4 heteroatoms. The third-order valence-electron chi connectivity index (χ3n) is 4.13. The molecule has 0 spiro atoms. The van der Waals surface area contributed by atoms with Crippen LogP contribution < -0.4 is 5.32 Å². The smallest absolute Gasteiger partial charge is 0.407 e. The number of hydrogen-bond donors (Lipinski definition) is 1. The Labute approximate surface area is 163 Å². The van der Waals surface area contributed by atoms with Crippen LogP contribution in [0.3, 0.4) is 0 Å². The summed E-state index contributed by atoms with van der Waals surface area (Å²) in [7, 11) is 0. The summed E-state index contributed by atoms with van der Waals surface area (Å²) in [5, 5.41) is 2.84. The number of hydrogen-bond acceptors (Lipinski definition) is 3. The fourth-order valence-corrected chi connectivity index (χ4v) is 2.85. The molecule has 0 aliphatic heterocycles. The van der Waals surface area contributed by atoms with Gasteiger partial charge in [-0.25, -0.2) is 4.79 Å². The van der Waals surface area contributed by atoms with Crippen molar-refractivity contribution in [2.45, 2.75) is 45.8 Å². The van der Waals surface area contributed by atoms with Crippen LogP contribution in [0.5, 0.6) is 0 Å². The zero-order valence-electron chi connectivity index (χ0n) is 16.8. The van der Waals surface area contributed by atoms with Crippen LogP contribution in [-0.4, -0.2) is 36.2 Å². The van der Waals surface area contributed by atoms with Crippen molar-refractivity contribution >= 4 is 6.09 Å². The Kier molecular flexibility index (Phi) is 8.34. The van der Waals surface area contributed by atoms with E-state index in [1.165, 1.54) is 11.1 Å². The van der Waals surface area contributed by atoms with E-state index in [0.717, 1.165) is 32.5 Å². The van der Waals surface area contributed by atoms with E-state index in [-0.39, 0.29) is 6.09 Å². The number of nitrogens with one attached hydrogen (secondary N) is 1. The van der Waals surface area contributed by atoms with Gasteiger partial charge in [-0.2, -0.15) is 0 Å². The number of alkyl carbamates (subject to hydrolysis) is 1. The maximum Gasteiger partial charge on any atom is 0.407 e. The van der Waals surface area contributed by atoms with E-state index in [4.69, 9.17) is 4.74 Å². The summed E-state index contributed by atoms with van der Waals surface area (Å²) in [4.78, 5) is 14.2. The maximum atomic E-state index is 11.8. The van der Waals surface area contributed by atoms with Gasteiger partial charge in [0.25, 0.3) is 0 Å². The third-order valence-corrected chi connectivity index (χ3v) is 4.13. The van der Waals surface area contributed by atoms with Gasteiger partial charge in [0.15, 0.2) is 0 Å². The molecule has 0 aliphatic carbocycles. The molecular formula is C23H32N2O2. The van der Waals surface area contributed by atoms with E-state index in [9.17, 15) is 4.79 Å². The van der Waals surface area contributed by atoms with Gasteiger partial charge in [-0.15, -0.1) is 0 Å². The summed E-state index contributed by atoms with van der Waals surface area (Å²) in [6.07, 6.45) is 1.56. The number of amides is 1. The number of rotatable bonds is 9. The molecule has 1 amide bonds. The van der Waals surface area contributed by atoms with Gasteiger partial charge >= 0.3 is 6.09 Å². The van der Waals surface area contributed by atoms with Crippen molar-refractivity contribution in [3.8, 4) is 0 Å². The normalized spacial score (nSPS) is 11.4. The predicted molar refractivity (Wildman–Crippen MR) is 111 cm³/mol. The summed E-state index contributed by atoms with van der Waals surface area (Å²) in [5.74, 6) is 0. The second-order valence-electron chi connectivity index (χ2n) is 7.78. The second kappa shape index (κ2) is 10.7. The molecule has 0 aromatic heterocycles. The molecule has 0 atom stereocenters. The van der Waals surface area contributed by atoms with Gasteiger partial charge in [0.05, 0.1) is 0 Å². The summed E-state index contributed by atoms with van der Waals surface area (Å²) in [5.41, 5.74) is 2.20. The first-order chi connectivity index (χ1) is 12.9. The first-order valence-electron chi connectivity index (χ1n) is 9.69. The van der Waals surface area contributed by atoms with Crippen molar-refractivity contribution in [2.75, 3.05) is 19.6 Å². The highest BCUT2D eigenvalue weighted by Crippen LogP contribution is 2.09. The molecule has 4 nitrogen and oxygen atoms in total. The van der Waals surface area contributed by atoms with Crippen LogP contribution in [-0.2, 0) is 17.7 Å². The zero-order chi connectivity index (χ0) is 19.5. The van der Waals surface area contributed by atoms with Crippen LogP contribution in [0, 0.1) is 0 Å².